The first-order chi connectivity index (χ1) is 10.1. The molecule has 0 bridgehead atoms. The first-order valence-corrected chi connectivity index (χ1v) is 7.79. The fourth-order valence-corrected chi connectivity index (χ4v) is 3.21. The van der Waals surface area contributed by atoms with Crippen LogP contribution in [-0.4, -0.2) is 11.7 Å². The fraction of sp³-hybridized carbons (Fsp3) is 0.294. The van der Waals surface area contributed by atoms with Gasteiger partial charge < -0.3 is 9.84 Å². The van der Waals surface area contributed by atoms with Crippen LogP contribution in [-0.2, 0) is 0 Å². The van der Waals surface area contributed by atoms with Gasteiger partial charge in [-0.1, -0.05) is 34.1 Å². The molecule has 2 unspecified atom stereocenters. The Bertz CT molecular complexity index is 644. The van der Waals surface area contributed by atoms with E-state index in [1.165, 1.54) is 6.07 Å². The second-order valence-corrected chi connectivity index (χ2v) is 6.20. The van der Waals surface area contributed by atoms with E-state index in [-0.39, 0.29) is 11.7 Å². The van der Waals surface area contributed by atoms with Crippen LogP contribution in [0.15, 0.2) is 46.9 Å². The monoisotopic (exact) mass is 350 g/mol. The molecule has 0 aromatic heterocycles. The minimum absolute atomic E-state index is 0.184. The van der Waals surface area contributed by atoms with E-state index in [0.717, 1.165) is 22.2 Å². The molecular formula is C17H16BrFO2. The molecule has 3 rings (SSSR count). The van der Waals surface area contributed by atoms with Crippen LogP contribution in [0.1, 0.15) is 36.0 Å². The van der Waals surface area contributed by atoms with Crippen LogP contribution in [0.2, 0.25) is 0 Å². The van der Waals surface area contributed by atoms with Crippen molar-refractivity contribution in [3.05, 3.63) is 63.9 Å². The number of ether oxygens (including phenoxy) is 1. The molecule has 0 aliphatic carbocycles. The van der Waals surface area contributed by atoms with Crippen molar-refractivity contribution in [1.82, 2.24) is 0 Å². The Kier molecular flexibility index (Phi) is 4.27. The molecule has 2 nitrogen and oxygen atoms in total. The quantitative estimate of drug-likeness (QED) is 0.877. The molecule has 2 aromatic rings. The minimum Gasteiger partial charge on any atom is -0.493 e. The molecule has 0 radical (unpaired) electrons. The lowest BCUT2D eigenvalue weighted by molar-refractivity contribution is 0.141. The first-order valence-electron chi connectivity index (χ1n) is 7.00. The highest BCUT2D eigenvalue weighted by atomic mass is 79.9. The zero-order valence-corrected chi connectivity index (χ0v) is 13.0. The highest BCUT2D eigenvalue weighted by Crippen LogP contribution is 2.39. The van der Waals surface area contributed by atoms with Crippen LogP contribution in [0.25, 0.3) is 0 Å². The van der Waals surface area contributed by atoms with Crippen molar-refractivity contribution in [2.45, 2.75) is 24.9 Å². The van der Waals surface area contributed by atoms with Crippen LogP contribution >= 0.6 is 15.9 Å². The Labute approximate surface area is 131 Å². The molecule has 0 saturated carbocycles. The smallest absolute Gasteiger partial charge is 0.129 e. The number of hydrogen-bond acceptors (Lipinski definition) is 2. The molecule has 0 amide bonds. The summed E-state index contributed by atoms with van der Waals surface area (Å²) < 4.78 is 20.3. The van der Waals surface area contributed by atoms with Crippen molar-refractivity contribution in [1.29, 1.82) is 0 Å². The van der Waals surface area contributed by atoms with Crippen LogP contribution in [0.4, 0.5) is 4.39 Å². The Morgan fingerprint density at radius 2 is 2.10 bits per heavy atom. The number of benzene rings is 2. The number of para-hydroxylation sites is 1. The van der Waals surface area contributed by atoms with E-state index < -0.39 is 6.10 Å². The summed E-state index contributed by atoms with van der Waals surface area (Å²) in [6.45, 7) is 0.634. The van der Waals surface area contributed by atoms with E-state index in [1.807, 2.05) is 24.3 Å². The van der Waals surface area contributed by atoms with E-state index in [0.29, 0.717) is 18.6 Å². The molecule has 1 aliphatic heterocycles. The molecule has 0 fully saturated rings. The molecule has 0 spiro atoms. The number of aliphatic hydroxyl groups is 1. The lowest BCUT2D eigenvalue weighted by Crippen LogP contribution is -2.16. The lowest BCUT2D eigenvalue weighted by atomic mass is 9.86. The van der Waals surface area contributed by atoms with Crippen LogP contribution in [0.3, 0.4) is 0 Å². The summed E-state index contributed by atoms with van der Waals surface area (Å²) in [6, 6.07) is 12.5. The van der Waals surface area contributed by atoms with Gasteiger partial charge in [-0.15, -0.1) is 0 Å². The average Bonchev–Trinajstić information content (AvgIpc) is 2.50. The second-order valence-electron chi connectivity index (χ2n) is 5.29. The van der Waals surface area contributed by atoms with Gasteiger partial charge in [0, 0.05) is 10.0 Å². The molecule has 1 heterocycles. The Morgan fingerprint density at radius 1 is 1.29 bits per heavy atom. The Balaban J connectivity index is 1.82. The van der Waals surface area contributed by atoms with Crippen LogP contribution in [0, 0.1) is 5.82 Å². The van der Waals surface area contributed by atoms with E-state index in [1.54, 1.807) is 12.1 Å². The number of fused-ring (bicyclic) bond motifs is 1. The maximum Gasteiger partial charge on any atom is 0.129 e. The largest absolute Gasteiger partial charge is 0.493 e. The van der Waals surface area contributed by atoms with Gasteiger partial charge in [0.15, 0.2) is 0 Å². The summed E-state index contributed by atoms with van der Waals surface area (Å²) in [5, 5.41) is 10.4. The Morgan fingerprint density at radius 3 is 2.95 bits per heavy atom. The first kappa shape index (κ1) is 14.5. The highest BCUT2D eigenvalue weighted by Gasteiger charge is 2.25. The van der Waals surface area contributed by atoms with Gasteiger partial charge in [0.2, 0.25) is 0 Å². The predicted molar refractivity (Wildman–Crippen MR) is 83.0 cm³/mol. The number of hydrogen-bond donors (Lipinski definition) is 1. The average molecular weight is 351 g/mol. The maximum atomic E-state index is 13.9. The van der Waals surface area contributed by atoms with Crippen LogP contribution in [0.5, 0.6) is 5.75 Å². The van der Waals surface area contributed by atoms with E-state index in [2.05, 4.69) is 15.9 Å². The zero-order valence-electron chi connectivity index (χ0n) is 11.4. The van der Waals surface area contributed by atoms with Crippen molar-refractivity contribution in [2.75, 3.05) is 6.61 Å². The van der Waals surface area contributed by atoms with Gasteiger partial charge in [0.25, 0.3) is 0 Å². The SMILES string of the molecule is OC(CC1CCOc2ccccc21)c1cc(Br)ccc1F. The van der Waals surface area contributed by atoms with Crippen molar-refractivity contribution >= 4 is 15.9 Å². The summed E-state index contributed by atoms with van der Waals surface area (Å²) in [7, 11) is 0. The molecule has 1 aliphatic rings. The number of aliphatic hydroxyl groups excluding tert-OH is 1. The van der Waals surface area contributed by atoms with Gasteiger partial charge in [0.1, 0.15) is 11.6 Å². The van der Waals surface area contributed by atoms with Gasteiger partial charge in [-0.25, -0.2) is 4.39 Å². The topological polar surface area (TPSA) is 29.5 Å². The van der Waals surface area contributed by atoms with E-state index >= 15 is 0 Å². The molecule has 21 heavy (non-hydrogen) atoms. The fourth-order valence-electron chi connectivity index (χ4n) is 2.83. The van der Waals surface area contributed by atoms with Gasteiger partial charge in [-0.3, -0.25) is 0 Å². The minimum atomic E-state index is -0.821. The summed E-state index contributed by atoms with van der Waals surface area (Å²) in [4.78, 5) is 0. The van der Waals surface area contributed by atoms with Crippen molar-refractivity contribution in [3.8, 4) is 5.75 Å². The molecule has 110 valence electrons. The molecular weight excluding hydrogens is 335 g/mol. The third-order valence-electron chi connectivity index (χ3n) is 3.91. The molecule has 2 atom stereocenters. The Hall–Kier alpha value is -1.39. The summed E-state index contributed by atoms with van der Waals surface area (Å²) in [5.41, 5.74) is 1.44. The van der Waals surface area contributed by atoms with Gasteiger partial charge in [-0.05, 0) is 48.6 Å². The van der Waals surface area contributed by atoms with Gasteiger partial charge in [0.05, 0.1) is 12.7 Å². The molecule has 1 N–H and O–H groups in total. The van der Waals surface area contributed by atoms with E-state index in [9.17, 15) is 9.50 Å². The normalized spacial score (nSPS) is 18.7. The third-order valence-corrected chi connectivity index (χ3v) is 4.40. The van der Waals surface area contributed by atoms with E-state index in [4.69, 9.17) is 4.74 Å². The van der Waals surface area contributed by atoms with Gasteiger partial charge in [-0.2, -0.15) is 0 Å². The lowest BCUT2D eigenvalue weighted by Gasteiger charge is -2.27. The van der Waals surface area contributed by atoms with Crippen molar-refractivity contribution in [2.24, 2.45) is 0 Å². The van der Waals surface area contributed by atoms with Crippen molar-refractivity contribution in [3.63, 3.8) is 0 Å². The summed E-state index contributed by atoms with van der Waals surface area (Å²) in [5.74, 6) is 0.685. The molecule has 4 heteroatoms. The molecule has 0 saturated heterocycles. The zero-order chi connectivity index (χ0) is 14.8. The predicted octanol–water partition coefficient (Wildman–Crippen LogP) is 4.58. The summed E-state index contributed by atoms with van der Waals surface area (Å²) >= 11 is 3.32. The van der Waals surface area contributed by atoms with Gasteiger partial charge >= 0.3 is 0 Å². The highest BCUT2D eigenvalue weighted by molar-refractivity contribution is 9.10. The third kappa shape index (κ3) is 3.11. The second kappa shape index (κ2) is 6.16. The van der Waals surface area contributed by atoms with Crippen LogP contribution < -0.4 is 4.74 Å². The summed E-state index contributed by atoms with van der Waals surface area (Å²) in [6.07, 6.45) is 0.510. The number of halogens is 2. The van der Waals surface area contributed by atoms with Crippen molar-refractivity contribution < 1.29 is 14.2 Å². The standard InChI is InChI=1S/C17H16BrFO2/c18-12-5-6-15(19)14(10-12)16(20)9-11-7-8-21-17-4-2-1-3-13(11)17/h1-6,10-11,16,20H,7-9H2. The molecule has 2 aromatic carbocycles. The maximum absolute atomic E-state index is 13.9. The number of rotatable bonds is 3.